The number of hydrazine groups is 1. The van der Waals surface area contributed by atoms with Crippen molar-refractivity contribution >= 4 is 41.0 Å². The summed E-state index contributed by atoms with van der Waals surface area (Å²) in [4.78, 5) is 50.4. The Balaban J connectivity index is 1.34. The first kappa shape index (κ1) is 24.9. The minimum absolute atomic E-state index is 0.0460. The molecule has 1 heterocycles. The maximum absolute atomic E-state index is 13.3. The summed E-state index contributed by atoms with van der Waals surface area (Å²) in [6.45, 7) is -0.553. The van der Waals surface area contributed by atoms with E-state index >= 15 is 0 Å². The molecule has 0 bridgehead atoms. The number of hydrogen-bond donors (Lipinski definition) is 2. The van der Waals surface area contributed by atoms with E-state index in [0.717, 1.165) is 16.1 Å². The van der Waals surface area contributed by atoms with E-state index in [1.54, 1.807) is 24.3 Å². The van der Waals surface area contributed by atoms with E-state index in [0.29, 0.717) is 10.7 Å². The van der Waals surface area contributed by atoms with Crippen molar-refractivity contribution in [1.29, 1.82) is 0 Å². The highest BCUT2D eigenvalue weighted by molar-refractivity contribution is 6.30. The molecule has 3 aromatic carbocycles. The number of nitrogens with zero attached hydrogens (tertiary/aromatic N) is 1. The molecule has 9 heteroatoms. The summed E-state index contributed by atoms with van der Waals surface area (Å²) in [7, 11) is 0. The van der Waals surface area contributed by atoms with Gasteiger partial charge in [0, 0.05) is 17.1 Å². The monoisotopic (exact) mass is 505 g/mol. The van der Waals surface area contributed by atoms with Crippen molar-refractivity contribution in [3.8, 4) is 0 Å². The summed E-state index contributed by atoms with van der Waals surface area (Å²) in [6.07, 6.45) is -0.129. The van der Waals surface area contributed by atoms with Crippen LogP contribution in [-0.2, 0) is 23.9 Å². The Hall–Kier alpha value is -4.17. The van der Waals surface area contributed by atoms with Crippen LogP contribution < -0.4 is 10.7 Å². The molecule has 0 radical (unpaired) electrons. The Bertz CT molecular complexity index is 1210. The zero-order valence-electron chi connectivity index (χ0n) is 19.2. The molecule has 0 spiro atoms. The van der Waals surface area contributed by atoms with Crippen LogP contribution in [0.2, 0.25) is 5.02 Å². The largest absolute Gasteiger partial charge is 0.455 e. The Morgan fingerprint density at radius 2 is 1.58 bits per heavy atom. The number of esters is 1. The zero-order chi connectivity index (χ0) is 25.5. The Morgan fingerprint density at radius 3 is 2.19 bits per heavy atom. The molecule has 184 valence electrons. The highest BCUT2D eigenvalue weighted by Gasteiger charge is 2.37. The molecule has 0 saturated carbocycles. The van der Waals surface area contributed by atoms with Crippen LogP contribution in [0.4, 0.5) is 5.69 Å². The molecule has 4 rings (SSSR count). The highest BCUT2D eigenvalue weighted by Crippen LogP contribution is 2.26. The summed E-state index contributed by atoms with van der Waals surface area (Å²) in [5, 5.41) is 4.18. The SMILES string of the molecule is O=C(COC(=O)[C@H]1CC(=O)N(NC(=O)C(c2ccccc2)c2ccccc2)C1)Nc1cccc(Cl)c1. The predicted molar refractivity (Wildman–Crippen MR) is 134 cm³/mol. The molecule has 1 fully saturated rings. The molecule has 3 aromatic rings. The van der Waals surface area contributed by atoms with Crippen molar-refractivity contribution in [1.82, 2.24) is 10.4 Å². The van der Waals surface area contributed by atoms with Crippen molar-refractivity contribution in [3.05, 3.63) is 101 Å². The van der Waals surface area contributed by atoms with Gasteiger partial charge in [-0.25, -0.2) is 0 Å². The second-order valence-corrected chi connectivity index (χ2v) is 8.74. The van der Waals surface area contributed by atoms with Gasteiger partial charge in [-0.2, -0.15) is 0 Å². The molecule has 0 unspecified atom stereocenters. The molecule has 3 amide bonds. The third-order valence-corrected chi connectivity index (χ3v) is 5.92. The van der Waals surface area contributed by atoms with Gasteiger partial charge in [-0.15, -0.1) is 0 Å². The van der Waals surface area contributed by atoms with Gasteiger partial charge >= 0.3 is 5.97 Å². The fraction of sp³-hybridized carbons (Fsp3) is 0.185. The number of halogens is 1. The lowest BCUT2D eigenvalue weighted by molar-refractivity contribution is -0.151. The topological polar surface area (TPSA) is 105 Å². The van der Waals surface area contributed by atoms with Gasteiger partial charge in [0.2, 0.25) is 5.91 Å². The van der Waals surface area contributed by atoms with Gasteiger partial charge < -0.3 is 10.1 Å². The van der Waals surface area contributed by atoms with Crippen LogP contribution in [0, 0.1) is 5.92 Å². The smallest absolute Gasteiger partial charge is 0.311 e. The quantitative estimate of drug-likeness (QED) is 0.456. The van der Waals surface area contributed by atoms with Gasteiger partial charge in [-0.05, 0) is 29.3 Å². The fourth-order valence-corrected chi connectivity index (χ4v) is 4.17. The van der Waals surface area contributed by atoms with Crippen LogP contribution in [0.3, 0.4) is 0 Å². The number of anilines is 1. The predicted octanol–water partition coefficient (Wildman–Crippen LogP) is 3.53. The molecule has 8 nitrogen and oxygen atoms in total. The average molecular weight is 506 g/mol. The van der Waals surface area contributed by atoms with Crippen LogP contribution in [0.1, 0.15) is 23.5 Å². The Morgan fingerprint density at radius 1 is 0.944 bits per heavy atom. The van der Waals surface area contributed by atoms with Crippen LogP contribution >= 0.6 is 11.6 Å². The van der Waals surface area contributed by atoms with Gasteiger partial charge in [0.05, 0.1) is 18.4 Å². The van der Waals surface area contributed by atoms with E-state index in [2.05, 4.69) is 10.7 Å². The number of benzene rings is 3. The van der Waals surface area contributed by atoms with Crippen LogP contribution in [0.15, 0.2) is 84.9 Å². The molecule has 36 heavy (non-hydrogen) atoms. The maximum atomic E-state index is 13.3. The van der Waals surface area contributed by atoms with Crippen molar-refractivity contribution in [3.63, 3.8) is 0 Å². The lowest BCUT2D eigenvalue weighted by atomic mass is 9.91. The summed E-state index contributed by atoms with van der Waals surface area (Å²) in [6, 6.07) is 25.0. The molecule has 1 aliphatic rings. The van der Waals surface area contributed by atoms with E-state index in [-0.39, 0.29) is 13.0 Å². The number of carbonyl (C=O) groups is 4. The summed E-state index contributed by atoms with van der Waals surface area (Å²) >= 11 is 5.89. The minimum atomic E-state index is -0.802. The zero-order valence-corrected chi connectivity index (χ0v) is 20.0. The van der Waals surface area contributed by atoms with E-state index in [4.69, 9.17) is 16.3 Å². The van der Waals surface area contributed by atoms with Crippen molar-refractivity contribution in [2.75, 3.05) is 18.5 Å². The van der Waals surface area contributed by atoms with Crippen LogP contribution in [0.5, 0.6) is 0 Å². The number of rotatable bonds is 8. The molecular weight excluding hydrogens is 482 g/mol. The highest BCUT2D eigenvalue weighted by atomic mass is 35.5. The van der Waals surface area contributed by atoms with Gasteiger partial charge in [-0.1, -0.05) is 78.3 Å². The third kappa shape index (κ3) is 6.28. The standard InChI is InChI=1S/C27H24ClN3O5/c28-21-12-7-13-22(15-21)29-23(32)17-36-27(35)20-14-24(33)31(16-20)30-26(34)25(18-8-3-1-4-9-18)19-10-5-2-6-11-19/h1-13,15,20,25H,14,16-17H2,(H,29,32)(H,30,34)/t20-/m0/s1. The van der Waals surface area contributed by atoms with E-state index in [1.165, 1.54) is 0 Å². The maximum Gasteiger partial charge on any atom is 0.311 e. The first-order valence-corrected chi connectivity index (χ1v) is 11.7. The molecule has 1 atom stereocenters. The average Bonchev–Trinajstić information content (AvgIpc) is 3.24. The van der Waals surface area contributed by atoms with Gasteiger partial charge in [0.1, 0.15) is 0 Å². The second kappa shape index (κ2) is 11.5. The number of amides is 3. The summed E-state index contributed by atoms with van der Waals surface area (Å²) < 4.78 is 5.10. The van der Waals surface area contributed by atoms with Gasteiger partial charge in [-0.3, -0.25) is 29.6 Å². The summed E-state index contributed by atoms with van der Waals surface area (Å²) in [5.74, 6) is -3.47. The fourth-order valence-electron chi connectivity index (χ4n) is 3.98. The van der Waals surface area contributed by atoms with E-state index in [9.17, 15) is 19.2 Å². The Kier molecular flexibility index (Phi) is 7.97. The number of ether oxygens (including phenoxy) is 1. The Labute approximate surface area is 213 Å². The van der Waals surface area contributed by atoms with Crippen molar-refractivity contribution < 1.29 is 23.9 Å². The number of nitrogens with one attached hydrogen (secondary N) is 2. The molecule has 1 saturated heterocycles. The molecule has 0 aromatic heterocycles. The van der Waals surface area contributed by atoms with Gasteiger partial charge in [0.15, 0.2) is 6.61 Å². The third-order valence-electron chi connectivity index (χ3n) is 5.69. The molecular formula is C27H24ClN3O5. The lowest BCUT2D eigenvalue weighted by Gasteiger charge is -2.23. The van der Waals surface area contributed by atoms with E-state index in [1.807, 2.05) is 60.7 Å². The second-order valence-electron chi connectivity index (χ2n) is 8.30. The first-order valence-electron chi connectivity index (χ1n) is 11.3. The number of hydrogen-bond acceptors (Lipinski definition) is 5. The minimum Gasteiger partial charge on any atom is -0.455 e. The molecule has 1 aliphatic heterocycles. The van der Waals surface area contributed by atoms with Gasteiger partial charge in [0.25, 0.3) is 11.8 Å². The normalized spacial score (nSPS) is 15.0. The van der Waals surface area contributed by atoms with Crippen LogP contribution in [-0.4, -0.2) is 41.9 Å². The van der Waals surface area contributed by atoms with Crippen molar-refractivity contribution in [2.45, 2.75) is 12.3 Å². The van der Waals surface area contributed by atoms with E-state index < -0.39 is 42.1 Å². The number of carbonyl (C=O) groups excluding carboxylic acids is 4. The lowest BCUT2D eigenvalue weighted by Crippen LogP contribution is -2.45. The van der Waals surface area contributed by atoms with Crippen molar-refractivity contribution in [2.24, 2.45) is 5.92 Å². The molecule has 2 N–H and O–H groups in total. The molecule has 0 aliphatic carbocycles. The first-order chi connectivity index (χ1) is 17.4. The summed E-state index contributed by atoms with van der Waals surface area (Å²) in [5.41, 5.74) is 4.68. The van der Waals surface area contributed by atoms with Crippen LogP contribution in [0.25, 0.3) is 0 Å².